The smallest absolute Gasteiger partial charge is 0.425 e. The van der Waals surface area contributed by atoms with Crippen molar-refractivity contribution in [1.82, 2.24) is 5.32 Å². The molecule has 1 amide bonds. The lowest BCUT2D eigenvalue weighted by Crippen LogP contribution is -2.35. The first-order chi connectivity index (χ1) is 12.3. The number of amides is 1. The molecule has 1 saturated carbocycles. The number of carbonyl (C=O) groups is 2. The van der Waals surface area contributed by atoms with Crippen LogP contribution in [0.3, 0.4) is 0 Å². The average Bonchev–Trinajstić information content (AvgIpc) is 2.52. The van der Waals surface area contributed by atoms with Crippen LogP contribution in [-0.2, 0) is 18.8 Å². The van der Waals surface area contributed by atoms with Crippen LogP contribution in [0, 0.1) is 11.8 Å². The Bertz CT molecular complexity index is 478. The molecule has 5 unspecified atom stereocenters. The Hall–Kier alpha value is -1.27. The van der Waals surface area contributed by atoms with E-state index in [1.54, 1.807) is 0 Å². The van der Waals surface area contributed by atoms with Crippen molar-refractivity contribution in [2.24, 2.45) is 11.8 Å². The average molecular weight is 394 g/mol. The minimum Gasteiger partial charge on any atom is -0.425 e. The van der Waals surface area contributed by atoms with E-state index in [1.807, 2.05) is 6.92 Å². The molecular weight excluding hydrogens is 364 g/mol. The molecular formula is C17H30FNO6P+. The van der Waals surface area contributed by atoms with Crippen LogP contribution in [0.25, 0.3) is 0 Å². The molecule has 150 valence electrons. The highest BCUT2D eigenvalue weighted by atomic mass is 31.1. The summed E-state index contributed by atoms with van der Waals surface area (Å²) < 4.78 is 34.5. The number of alkyl halides is 1. The van der Waals surface area contributed by atoms with E-state index in [2.05, 4.69) is 5.32 Å². The molecule has 0 aromatic carbocycles. The van der Waals surface area contributed by atoms with Crippen molar-refractivity contribution in [1.29, 1.82) is 0 Å². The minimum absolute atomic E-state index is 0.155. The van der Waals surface area contributed by atoms with E-state index in [-0.39, 0.29) is 18.8 Å². The Morgan fingerprint density at radius 3 is 2.65 bits per heavy atom. The van der Waals surface area contributed by atoms with Crippen LogP contribution < -0.4 is 5.32 Å². The number of nitrogens with one attached hydrogen (secondary N) is 1. The monoisotopic (exact) mass is 394 g/mol. The van der Waals surface area contributed by atoms with Gasteiger partial charge in [-0.25, -0.2) is 9.18 Å². The van der Waals surface area contributed by atoms with Crippen LogP contribution in [-0.4, -0.2) is 35.7 Å². The standard InChI is InChI=1S/C17H29FNO6P/c1-3-5-16(20)24-12(2)25-17(21)19-15(18)9-8-13-6-4-7-14(10-13)11-26(22)23/h12-15H,3-11H2,1-2H3,(H-,19,21,22,23)/p+1. The predicted molar refractivity (Wildman–Crippen MR) is 94.3 cm³/mol. The van der Waals surface area contributed by atoms with Crippen molar-refractivity contribution in [3.8, 4) is 0 Å². The van der Waals surface area contributed by atoms with Crippen molar-refractivity contribution in [3.05, 3.63) is 0 Å². The minimum atomic E-state index is -2.13. The number of ether oxygens (including phenoxy) is 2. The van der Waals surface area contributed by atoms with Crippen LogP contribution in [0.5, 0.6) is 0 Å². The molecule has 1 fully saturated rings. The fourth-order valence-electron chi connectivity index (χ4n) is 3.29. The van der Waals surface area contributed by atoms with Crippen LogP contribution in [0.1, 0.15) is 65.2 Å². The normalized spacial score (nSPS) is 22.8. The first-order valence-electron chi connectivity index (χ1n) is 9.24. The van der Waals surface area contributed by atoms with Gasteiger partial charge in [0, 0.05) is 19.3 Å². The van der Waals surface area contributed by atoms with Gasteiger partial charge in [0.15, 0.2) is 12.5 Å². The summed E-state index contributed by atoms with van der Waals surface area (Å²) in [5.74, 6) is 0.0479. The predicted octanol–water partition coefficient (Wildman–Crippen LogP) is 4.02. The summed E-state index contributed by atoms with van der Waals surface area (Å²) in [6.07, 6.45) is 2.05. The summed E-state index contributed by atoms with van der Waals surface area (Å²) in [5, 5.41) is 2.09. The van der Waals surface area contributed by atoms with Crippen LogP contribution in [0.2, 0.25) is 0 Å². The third-order valence-electron chi connectivity index (χ3n) is 4.43. The first kappa shape index (κ1) is 22.8. The molecule has 0 radical (unpaired) electrons. The summed E-state index contributed by atoms with van der Waals surface area (Å²) in [6, 6.07) is 0. The maximum atomic E-state index is 13.9. The van der Waals surface area contributed by atoms with E-state index < -0.39 is 32.7 Å². The third kappa shape index (κ3) is 10.0. The van der Waals surface area contributed by atoms with Gasteiger partial charge < -0.3 is 9.47 Å². The lowest BCUT2D eigenvalue weighted by Gasteiger charge is -2.27. The second-order valence-corrected chi connectivity index (χ2v) is 7.90. The second-order valence-electron chi connectivity index (χ2n) is 6.84. The largest absolute Gasteiger partial charge is 0.505 e. The van der Waals surface area contributed by atoms with Crippen molar-refractivity contribution in [2.45, 2.75) is 77.8 Å². The Balaban J connectivity index is 2.24. The zero-order valence-electron chi connectivity index (χ0n) is 15.5. The van der Waals surface area contributed by atoms with E-state index >= 15 is 0 Å². The highest BCUT2D eigenvalue weighted by Gasteiger charge is 2.28. The molecule has 26 heavy (non-hydrogen) atoms. The van der Waals surface area contributed by atoms with E-state index in [1.165, 1.54) is 6.92 Å². The molecule has 0 aromatic heterocycles. The van der Waals surface area contributed by atoms with Gasteiger partial charge in [0.1, 0.15) is 0 Å². The molecule has 0 saturated heterocycles. The number of carbonyl (C=O) groups excluding carboxylic acids is 2. The molecule has 5 atom stereocenters. The maximum absolute atomic E-state index is 13.9. The van der Waals surface area contributed by atoms with Crippen molar-refractivity contribution in [3.63, 3.8) is 0 Å². The highest BCUT2D eigenvalue weighted by Crippen LogP contribution is 2.36. The molecule has 0 bridgehead atoms. The molecule has 0 spiro atoms. The summed E-state index contributed by atoms with van der Waals surface area (Å²) in [7, 11) is -2.13. The van der Waals surface area contributed by atoms with E-state index in [9.17, 15) is 18.5 Å². The van der Waals surface area contributed by atoms with Gasteiger partial charge in [0.2, 0.25) is 6.29 Å². The molecule has 9 heteroatoms. The lowest BCUT2D eigenvalue weighted by molar-refractivity contribution is -0.165. The Morgan fingerprint density at radius 1 is 1.31 bits per heavy atom. The number of alkyl carbamates (subject to hydrolysis) is 1. The van der Waals surface area contributed by atoms with Crippen molar-refractivity contribution in [2.75, 3.05) is 6.16 Å². The number of hydrogen-bond donors (Lipinski definition) is 2. The van der Waals surface area contributed by atoms with Gasteiger partial charge in [-0.2, -0.15) is 4.89 Å². The number of rotatable bonds is 10. The second kappa shape index (κ2) is 12.2. The fourth-order valence-corrected chi connectivity index (χ4v) is 4.06. The Labute approximate surface area is 154 Å². The molecule has 0 heterocycles. The van der Waals surface area contributed by atoms with Gasteiger partial charge in [-0.05, 0) is 42.6 Å². The Kier molecular flexibility index (Phi) is 10.7. The number of hydrogen-bond acceptors (Lipinski definition) is 5. The highest BCUT2D eigenvalue weighted by molar-refractivity contribution is 7.38. The van der Waals surface area contributed by atoms with Gasteiger partial charge >= 0.3 is 20.1 Å². The van der Waals surface area contributed by atoms with Crippen LogP contribution in [0.15, 0.2) is 0 Å². The molecule has 1 aliphatic rings. The van der Waals surface area contributed by atoms with Gasteiger partial charge in [0.05, 0.1) is 0 Å². The molecule has 7 nitrogen and oxygen atoms in total. The van der Waals surface area contributed by atoms with E-state index in [0.29, 0.717) is 24.9 Å². The summed E-state index contributed by atoms with van der Waals surface area (Å²) >= 11 is 0. The van der Waals surface area contributed by atoms with Crippen molar-refractivity contribution >= 4 is 20.1 Å². The van der Waals surface area contributed by atoms with Gasteiger partial charge in [-0.15, -0.1) is 0 Å². The first-order valence-corrected chi connectivity index (χ1v) is 10.6. The molecule has 0 aromatic rings. The van der Waals surface area contributed by atoms with E-state index in [0.717, 1.165) is 25.7 Å². The zero-order valence-corrected chi connectivity index (χ0v) is 16.4. The molecule has 2 N–H and O–H groups in total. The van der Waals surface area contributed by atoms with Gasteiger partial charge in [-0.3, -0.25) is 10.1 Å². The zero-order chi connectivity index (χ0) is 19.5. The summed E-state index contributed by atoms with van der Waals surface area (Å²) in [6.45, 7) is 3.22. The Morgan fingerprint density at radius 2 is 2.00 bits per heavy atom. The van der Waals surface area contributed by atoms with E-state index in [4.69, 9.17) is 14.4 Å². The number of esters is 1. The SMILES string of the molecule is CCCC(=O)OC(C)OC(=O)NC(F)CCC1CCCC(C[P+](=O)O)C1. The maximum Gasteiger partial charge on any atom is 0.505 e. The topological polar surface area (TPSA) is 102 Å². The summed E-state index contributed by atoms with van der Waals surface area (Å²) in [4.78, 5) is 31.9. The molecule has 1 aliphatic carbocycles. The third-order valence-corrected chi connectivity index (χ3v) is 5.26. The van der Waals surface area contributed by atoms with Crippen LogP contribution >= 0.6 is 8.03 Å². The molecule has 0 aliphatic heterocycles. The van der Waals surface area contributed by atoms with Gasteiger partial charge in [-0.1, -0.05) is 19.8 Å². The lowest BCUT2D eigenvalue weighted by atomic mass is 9.80. The quantitative estimate of drug-likeness (QED) is 0.251. The summed E-state index contributed by atoms with van der Waals surface area (Å²) in [5.41, 5.74) is 0. The molecule has 1 rings (SSSR count). The number of halogens is 1. The fraction of sp³-hybridized carbons (Fsp3) is 0.882. The van der Waals surface area contributed by atoms with Crippen LogP contribution in [0.4, 0.5) is 9.18 Å². The van der Waals surface area contributed by atoms with Gasteiger partial charge in [0.25, 0.3) is 0 Å². The van der Waals surface area contributed by atoms with Crippen molar-refractivity contribution < 1.29 is 32.9 Å².